The molecule has 33 heavy (non-hydrogen) atoms. The van der Waals surface area contributed by atoms with E-state index in [1.165, 1.54) is 10.7 Å². The summed E-state index contributed by atoms with van der Waals surface area (Å²) in [6.45, 7) is 6.35. The third kappa shape index (κ3) is 6.65. The van der Waals surface area contributed by atoms with Gasteiger partial charge in [0.2, 0.25) is 11.8 Å². The summed E-state index contributed by atoms with van der Waals surface area (Å²) < 4.78 is 0. The van der Waals surface area contributed by atoms with Gasteiger partial charge in [-0.1, -0.05) is 48.5 Å². The van der Waals surface area contributed by atoms with Crippen LogP contribution in [0.5, 0.6) is 0 Å². The van der Waals surface area contributed by atoms with E-state index in [1.54, 1.807) is 0 Å². The Labute approximate surface area is 196 Å². The molecular weight excluding hydrogens is 414 g/mol. The number of hydrogen-bond donors (Lipinski definition) is 1. The zero-order valence-corrected chi connectivity index (χ0v) is 19.2. The van der Waals surface area contributed by atoms with E-state index in [1.807, 2.05) is 36.4 Å². The normalized spacial score (nSPS) is 16.5. The third-order valence-electron chi connectivity index (χ3n) is 6.23. The van der Waals surface area contributed by atoms with Crippen LogP contribution < -0.4 is 10.2 Å². The smallest absolute Gasteiger partial charge is 0.243 e. The van der Waals surface area contributed by atoms with E-state index < -0.39 is 0 Å². The molecule has 0 unspecified atom stereocenters. The molecule has 2 aliphatic rings. The van der Waals surface area contributed by atoms with Gasteiger partial charge in [0.15, 0.2) is 0 Å². The SMILES string of the molecule is O=C(CCC(=O)N1CCC(c2ccccc2)=N1)NCCCN1CCN(c2ccccc2)CC1. The minimum atomic E-state index is -0.0904. The van der Waals surface area contributed by atoms with Gasteiger partial charge in [-0.05, 0) is 30.7 Å². The van der Waals surface area contributed by atoms with Crippen molar-refractivity contribution in [2.75, 3.05) is 50.7 Å². The van der Waals surface area contributed by atoms with Crippen LogP contribution >= 0.6 is 0 Å². The Morgan fingerprint density at radius 2 is 1.55 bits per heavy atom. The summed E-state index contributed by atoms with van der Waals surface area (Å²) in [5.74, 6) is -0.156. The van der Waals surface area contributed by atoms with Crippen LogP contribution in [0.4, 0.5) is 5.69 Å². The maximum Gasteiger partial charge on any atom is 0.243 e. The number of rotatable bonds is 9. The fourth-order valence-electron chi connectivity index (χ4n) is 4.31. The van der Waals surface area contributed by atoms with Crippen LogP contribution in [-0.4, -0.2) is 73.2 Å². The predicted molar refractivity (Wildman–Crippen MR) is 131 cm³/mol. The lowest BCUT2D eigenvalue weighted by atomic mass is 10.1. The highest BCUT2D eigenvalue weighted by Gasteiger charge is 2.22. The maximum atomic E-state index is 12.4. The third-order valence-corrected chi connectivity index (χ3v) is 6.23. The molecule has 0 aromatic heterocycles. The molecule has 0 radical (unpaired) electrons. The molecule has 2 heterocycles. The van der Waals surface area contributed by atoms with Crippen LogP contribution in [0.15, 0.2) is 65.8 Å². The molecule has 7 nitrogen and oxygen atoms in total. The first-order valence-electron chi connectivity index (χ1n) is 11.9. The first-order valence-corrected chi connectivity index (χ1v) is 11.9. The Bertz CT molecular complexity index is 940. The number of anilines is 1. The van der Waals surface area contributed by atoms with Crippen LogP contribution in [0.3, 0.4) is 0 Å². The van der Waals surface area contributed by atoms with Crippen molar-refractivity contribution in [3.63, 3.8) is 0 Å². The standard InChI is InChI=1S/C26H33N5O2/c32-25(12-13-26(33)31-17-14-24(28-31)22-8-3-1-4-9-22)27-15-7-16-29-18-20-30(21-19-29)23-10-5-2-6-11-23/h1-6,8-11H,7,12-21H2,(H,27,32). The molecular formula is C26H33N5O2. The van der Waals surface area contributed by atoms with Crippen molar-refractivity contribution in [2.45, 2.75) is 25.7 Å². The molecule has 1 saturated heterocycles. The molecule has 174 valence electrons. The van der Waals surface area contributed by atoms with Crippen molar-refractivity contribution < 1.29 is 9.59 Å². The summed E-state index contributed by atoms with van der Waals surface area (Å²) >= 11 is 0. The van der Waals surface area contributed by atoms with Crippen molar-refractivity contribution in [3.8, 4) is 0 Å². The fourth-order valence-corrected chi connectivity index (χ4v) is 4.31. The average Bonchev–Trinajstić information content (AvgIpc) is 3.37. The van der Waals surface area contributed by atoms with Gasteiger partial charge in [-0.25, -0.2) is 5.01 Å². The second-order valence-corrected chi connectivity index (χ2v) is 8.55. The van der Waals surface area contributed by atoms with E-state index >= 15 is 0 Å². The van der Waals surface area contributed by atoms with E-state index in [0.717, 1.165) is 56.8 Å². The van der Waals surface area contributed by atoms with Gasteiger partial charge in [-0.2, -0.15) is 5.10 Å². The molecule has 0 aliphatic carbocycles. The molecule has 0 bridgehead atoms. The summed E-state index contributed by atoms with van der Waals surface area (Å²) in [6, 6.07) is 20.4. The first-order chi connectivity index (χ1) is 16.2. The Balaban J connectivity index is 1.08. The summed E-state index contributed by atoms with van der Waals surface area (Å²) in [5, 5.41) is 8.91. The van der Waals surface area contributed by atoms with Gasteiger partial charge in [0.1, 0.15) is 0 Å². The number of carbonyl (C=O) groups excluding carboxylic acids is 2. The molecule has 0 spiro atoms. The number of nitrogens with zero attached hydrogens (tertiary/aromatic N) is 4. The molecule has 1 N–H and O–H groups in total. The summed E-state index contributed by atoms with van der Waals surface area (Å²) in [5.41, 5.74) is 3.26. The van der Waals surface area contributed by atoms with Crippen LogP contribution in [0.2, 0.25) is 0 Å². The minimum Gasteiger partial charge on any atom is -0.369 e. The lowest BCUT2D eigenvalue weighted by molar-refractivity contribution is -0.133. The van der Waals surface area contributed by atoms with Crippen molar-refractivity contribution in [3.05, 3.63) is 66.2 Å². The van der Waals surface area contributed by atoms with Crippen LogP contribution in [-0.2, 0) is 9.59 Å². The summed E-state index contributed by atoms with van der Waals surface area (Å²) in [7, 11) is 0. The van der Waals surface area contributed by atoms with E-state index in [9.17, 15) is 9.59 Å². The topological polar surface area (TPSA) is 68.2 Å². The molecule has 1 fully saturated rings. The van der Waals surface area contributed by atoms with Crippen molar-refractivity contribution in [1.82, 2.24) is 15.2 Å². The molecule has 2 aliphatic heterocycles. The lowest BCUT2D eigenvalue weighted by Gasteiger charge is -2.36. The molecule has 0 saturated carbocycles. The first kappa shape index (κ1) is 23.0. The van der Waals surface area contributed by atoms with Gasteiger partial charge in [-0.3, -0.25) is 14.5 Å². The van der Waals surface area contributed by atoms with Gasteiger partial charge in [0.25, 0.3) is 0 Å². The van der Waals surface area contributed by atoms with E-state index in [-0.39, 0.29) is 24.7 Å². The number of carbonyl (C=O) groups is 2. The average molecular weight is 448 g/mol. The largest absolute Gasteiger partial charge is 0.369 e. The molecule has 0 atom stereocenters. The van der Waals surface area contributed by atoms with Gasteiger partial charge in [0.05, 0.1) is 12.3 Å². The van der Waals surface area contributed by atoms with E-state index in [2.05, 4.69) is 44.5 Å². The lowest BCUT2D eigenvalue weighted by Crippen LogP contribution is -2.47. The Kier molecular flexibility index (Phi) is 8.09. The van der Waals surface area contributed by atoms with Gasteiger partial charge in [-0.15, -0.1) is 0 Å². The molecule has 4 rings (SSSR count). The van der Waals surface area contributed by atoms with Crippen LogP contribution in [0, 0.1) is 0 Å². The Morgan fingerprint density at radius 3 is 2.27 bits per heavy atom. The second kappa shape index (κ2) is 11.6. The quantitative estimate of drug-likeness (QED) is 0.600. The number of hydrogen-bond acceptors (Lipinski definition) is 5. The number of hydrazone groups is 1. The highest BCUT2D eigenvalue weighted by Crippen LogP contribution is 2.16. The van der Waals surface area contributed by atoms with Gasteiger partial charge < -0.3 is 10.2 Å². The number of nitrogens with one attached hydrogen (secondary N) is 1. The number of piperazine rings is 1. The summed E-state index contributed by atoms with van der Waals surface area (Å²) in [6.07, 6.45) is 2.07. The molecule has 7 heteroatoms. The van der Waals surface area contributed by atoms with Crippen LogP contribution in [0.1, 0.15) is 31.2 Å². The number of benzene rings is 2. The number of amides is 2. The van der Waals surface area contributed by atoms with E-state index in [0.29, 0.717) is 13.1 Å². The molecule has 2 aromatic rings. The van der Waals surface area contributed by atoms with Crippen molar-refractivity contribution >= 4 is 23.2 Å². The predicted octanol–water partition coefficient (Wildman–Crippen LogP) is 2.73. The highest BCUT2D eigenvalue weighted by molar-refractivity contribution is 6.02. The second-order valence-electron chi connectivity index (χ2n) is 8.55. The minimum absolute atomic E-state index is 0.0660. The van der Waals surface area contributed by atoms with Gasteiger partial charge >= 0.3 is 0 Å². The van der Waals surface area contributed by atoms with Crippen molar-refractivity contribution in [1.29, 1.82) is 0 Å². The monoisotopic (exact) mass is 447 g/mol. The maximum absolute atomic E-state index is 12.4. The number of para-hydroxylation sites is 1. The van der Waals surface area contributed by atoms with Crippen molar-refractivity contribution in [2.24, 2.45) is 5.10 Å². The molecule has 2 aromatic carbocycles. The zero-order valence-electron chi connectivity index (χ0n) is 19.2. The van der Waals surface area contributed by atoms with Gasteiger partial charge in [0, 0.05) is 57.7 Å². The fraction of sp³-hybridized carbons (Fsp3) is 0.423. The van der Waals surface area contributed by atoms with Crippen LogP contribution in [0.25, 0.3) is 0 Å². The highest BCUT2D eigenvalue weighted by atomic mass is 16.2. The zero-order chi connectivity index (χ0) is 22.9. The summed E-state index contributed by atoms with van der Waals surface area (Å²) in [4.78, 5) is 29.4. The van der Waals surface area contributed by atoms with E-state index in [4.69, 9.17) is 0 Å². The Hall–Kier alpha value is -3.19. The molecule has 2 amide bonds. The Morgan fingerprint density at radius 1 is 0.848 bits per heavy atom.